The van der Waals surface area contributed by atoms with Crippen LogP contribution in [0, 0.1) is 11.8 Å². The number of carboxylic acids is 1. The van der Waals surface area contributed by atoms with Crippen molar-refractivity contribution < 1.29 is 38.1 Å². The summed E-state index contributed by atoms with van der Waals surface area (Å²) in [6.07, 6.45) is 5.09. The summed E-state index contributed by atoms with van der Waals surface area (Å²) >= 11 is 0. The normalized spacial score (nSPS) is 18.8. The average Bonchev–Trinajstić information content (AvgIpc) is 2.97. The number of nitrogens with zero attached hydrogens (tertiary/aromatic N) is 1. The number of rotatable bonds is 18. The van der Waals surface area contributed by atoms with Gasteiger partial charge in [-0.3, -0.25) is 14.4 Å². The van der Waals surface area contributed by atoms with E-state index in [-0.39, 0.29) is 37.1 Å². The van der Waals surface area contributed by atoms with E-state index >= 15 is 0 Å². The number of alkyl halides is 1. The maximum atomic E-state index is 13.3. The summed E-state index contributed by atoms with van der Waals surface area (Å²) in [6.45, 7) is 3.94. The van der Waals surface area contributed by atoms with Crippen LogP contribution in [0.3, 0.4) is 0 Å². The van der Waals surface area contributed by atoms with Gasteiger partial charge in [0.25, 0.3) is 0 Å². The van der Waals surface area contributed by atoms with Gasteiger partial charge in [-0.25, -0.2) is 4.39 Å². The number of Topliss-reactive ketones (excluding diaryl/α,β-unsaturated/α-hetero) is 1. The summed E-state index contributed by atoms with van der Waals surface area (Å²) < 4.78 is 28.2. The Morgan fingerprint density at radius 1 is 1.02 bits per heavy atom. The first-order valence-electron chi connectivity index (χ1n) is 14.6. The molecule has 0 spiro atoms. The number of hydrogen-bond acceptors (Lipinski definition) is 7. The van der Waals surface area contributed by atoms with E-state index in [9.17, 15) is 23.9 Å². The molecule has 1 amide bonds. The molecule has 2 N–H and O–H groups in total. The number of piperidine rings is 2. The van der Waals surface area contributed by atoms with Crippen LogP contribution in [0.25, 0.3) is 0 Å². The Morgan fingerprint density at radius 3 is 2.52 bits per heavy atom. The number of halogens is 1. The van der Waals surface area contributed by atoms with Crippen LogP contribution >= 0.6 is 0 Å². The molecule has 2 aliphatic heterocycles. The largest absolute Gasteiger partial charge is 0.491 e. The van der Waals surface area contributed by atoms with E-state index in [0.717, 1.165) is 50.8 Å². The molecule has 2 heterocycles. The number of carbonyl (C=O) groups is 3. The summed E-state index contributed by atoms with van der Waals surface area (Å²) in [5, 5.41) is 12.9. The van der Waals surface area contributed by atoms with Gasteiger partial charge < -0.3 is 29.5 Å². The van der Waals surface area contributed by atoms with Gasteiger partial charge in [0.2, 0.25) is 5.91 Å². The van der Waals surface area contributed by atoms with Crippen molar-refractivity contribution >= 4 is 17.7 Å². The molecule has 1 aromatic rings. The highest BCUT2D eigenvalue weighted by molar-refractivity contribution is 5.84. The van der Waals surface area contributed by atoms with E-state index in [4.69, 9.17) is 14.2 Å². The Labute approximate surface area is 236 Å². The van der Waals surface area contributed by atoms with Crippen LogP contribution in [0.15, 0.2) is 24.3 Å². The molecule has 40 heavy (non-hydrogen) atoms. The molecule has 0 aromatic heterocycles. The minimum absolute atomic E-state index is 0.0109. The van der Waals surface area contributed by atoms with Crippen molar-refractivity contribution in [2.45, 2.75) is 57.3 Å². The van der Waals surface area contributed by atoms with Crippen LogP contribution in [-0.2, 0) is 23.9 Å². The predicted molar refractivity (Wildman–Crippen MR) is 148 cm³/mol. The second kappa shape index (κ2) is 18.0. The minimum atomic E-state index is -0.967. The van der Waals surface area contributed by atoms with Gasteiger partial charge in [0.15, 0.2) is 0 Å². The van der Waals surface area contributed by atoms with Crippen LogP contribution in [0.4, 0.5) is 4.39 Å². The molecule has 2 fully saturated rings. The molecule has 2 atom stereocenters. The van der Waals surface area contributed by atoms with Crippen molar-refractivity contribution in [1.29, 1.82) is 0 Å². The molecule has 0 saturated carbocycles. The zero-order chi connectivity index (χ0) is 28.6. The van der Waals surface area contributed by atoms with E-state index in [2.05, 4.69) is 5.32 Å². The van der Waals surface area contributed by atoms with Crippen molar-refractivity contribution in [2.24, 2.45) is 11.8 Å². The lowest BCUT2D eigenvalue weighted by molar-refractivity contribution is -0.137. The summed E-state index contributed by atoms with van der Waals surface area (Å²) in [5.41, 5.74) is 0.736. The Balaban J connectivity index is 1.49. The minimum Gasteiger partial charge on any atom is -0.491 e. The van der Waals surface area contributed by atoms with E-state index < -0.39 is 18.6 Å². The van der Waals surface area contributed by atoms with Gasteiger partial charge in [-0.05, 0) is 68.8 Å². The Hall–Kier alpha value is -2.56. The molecule has 2 saturated heterocycles. The number of nitrogens with one attached hydrogen (secondary N) is 1. The molecular weight excluding hydrogens is 518 g/mol. The van der Waals surface area contributed by atoms with Gasteiger partial charge in [0, 0.05) is 37.8 Å². The number of carbonyl (C=O) groups excluding carboxylic acids is 2. The third-order valence-electron chi connectivity index (χ3n) is 7.74. The Morgan fingerprint density at radius 2 is 1.77 bits per heavy atom. The first kappa shape index (κ1) is 32.0. The molecular formula is C30H45FN2O7. The fourth-order valence-corrected chi connectivity index (χ4v) is 5.50. The monoisotopic (exact) mass is 563 g/mol. The summed E-state index contributed by atoms with van der Waals surface area (Å²) in [4.78, 5) is 39.7. The quantitative estimate of drug-likeness (QED) is 0.261. The first-order valence-corrected chi connectivity index (χ1v) is 14.6. The molecule has 9 nitrogen and oxygen atoms in total. The van der Waals surface area contributed by atoms with Gasteiger partial charge >= 0.3 is 5.97 Å². The maximum absolute atomic E-state index is 13.3. The number of likely N-dealkylation sites (tertiary alicyclic amines) is 1. The van der Waals surface area contributed by atoms with Crippen molar-refractivity contribution in [3.63, 3.8) is 0 Å². The van der Waals surface area contributed by atoms with Crippen LogP contribution in [-0.4, -0.2) is 93.6 Å². The fraction of sp³-hybridized carbons (Fsp3) is 0.700. The second-order valence-corrected chi connectivity index (χ2v) is 10.7. The van der Waals surface area contributed by atoms with Gasteiger partial charge in [-0.1, -0.05) is 12.1 Å². The fourth-order valence-electron chi connectivity index (χ4n) is 5.50. The number of ketones is 1. The highest BCUT2D eigenvalue weighted by atomic mass is 18.2. The van der Waals surface area contributed by atoms with Crippen LogP contribution in [0.5, 0.6) is 5.75 Å². The first-order chi connectivity index (χ1) is 19.5. The summed E-state index contributed by atoms with van der Waals surface area (Å²) in [7, 11) is 0. The smallest absolute Gasteiger partial charge is 0.303 e. The molecule has 0 radical (unpaired) electrons. The molecule has 1 aromatic carbocycles. The van der Waals surface area contributed by atoms with Gasteiger partial charge in [-0.2, -0.15) is 0 Å². The van der Waals surface area contributed by atoms with Crippen LogP contribution in [0.2, 0.25) is 0 Å². The topological polar surface area (TPSA) is 114 Å². The molecule has 224 valence electrons. The van der Waals surface area contributed by atoms with E-state index in [0.29, 0.717) is 57.6 Å². The molecule has 0 unspecified atom stereocenters. The van der Waals surface area contributed by atoms with E-state index in [1.54, 1.807) is 18.2 Å². The van der Waals surface area contributed by atoms with Crippen molar-refractivity contribution in [3.05, 3.63) is 29.8 Å². The van der Waals surface area contributed by atoms with Gasteiger partial charge in [-0.15, -0.1) is 0 Å². The zero-order valence-corrected chi connectivity index (χ0v) is 23.5. The van der Waals surface area contributed by atoms with Crippen molar-refractivity contribution in [3.8, 4) is 5.75 Å². The predicted octanol–water partition coefficient (Wildman–Crippen LogP) is 3.60. The third-order valence-corrected chi connectivity index (χ3v) is 7.74. The van der Waals surface area contributed by atoms with E-state index in [1.165, 1.54) is 0 Å². The van der Waals surface area contributed by atoms with Gasteiger partial charge in [0.1, 0.15) is 24.8 Å². The summed E-state index contributed by atoms with van der Waals surface area (Å²) in [5.74, 6) is -0.422. The zero-order valence-electron chi connectivity index (χ0n) is 23.5. The van der Waals surface area contributed by atoms with Crippen molar-refractivity contribution in [2.75, 3.05) is 65.9 Å². The van der Waals surface area contributed by atoms with Gasteiger partial charge in [0.05, 0.1) is 32.8 Å². The van der Waals surface area contributed by atoms with Crippen molar-refractivity contribution in [1.82, 2.24) is 10.2 Å². The number of aliphatic carboxylic acids is 1. The average molecular weight is 564 g/mol. The highest BCUT2D eigenvalue weighted by Gasteiger charge is 2.31. The lowest BCUT2D eigenvalue weighted by Crippen LogP contribution is -2.42. The van der Waals surface area contributed by atoms with E-state index in [1.807, 2.05) is 11.0 Å². The Bertz CT molecular complexity index is 925. The number of hydrogen-bond donors (Lipinski definition) is 2. The Kier molecular flexibility index (Phi) is 14.4. The van der Waals surface area contributed by atoms with Crippen LogP contribution in [0.1, 0.15) is 62.8 Å². The standard InChI is InChI=1S/C30H45FN2O7/c31-10-14-38-15-16-39-17-18-40-27-5-1-3-24(19-27)26(21-30(36)37)20-28(34)25-4-2-13-33(22-25)29(35)7-6-23-8-11-32-12-9-23/h1,3,5,19,23,25-26,32H,2,4,6-18,20-22H2,(H,36,37)/t25-,26+/m1/s1/i31-1. The molecule has 0 bridgehead atoms. The molecule has 0 aliphatic carbocycles. The third kappa shape index (κ3) is 11.5. The number of carboxylic acid groups (broad SMARTS) is 1. The lowest BCUT2D eigenvalue weighted by atomic mass is 9.84. The molecule has 3 rings (SSSR count). The number of ether oxygens (including phenoxy) is 3. The second-order valence-electron chi connectivity index (χ2n) is 10.7. The summed E-state index contributed by atoms with van der Waals surface area (Å²) in [6, 6.07) is 7.17. The number of amides is 1. The van der Waals surface area contributed by atoms with Crippen LogP contribution < -0.4 is 10.1 Å². The maximum Gasteiger partial charge on any atom is 0.303 e. The lowest BCUT2D eigenvalue weighted by Gasteiger charge is -2.33. The highest BCUT2D eigenvalue weighted by Crippen LogP contribution is 2.30. The SMILES string of the molecule is O=C(O)C[C@H](CC(=O)[C@@H]1CCCN(C(=O)CCC2CCNCC2)C1)c1cccc(OCCOCCOCC[18F])c1. The molecule has 2 aliphatic rings. The molecule has 10 heteroatoms. The number of benzene rings is 1.